The van der Waals surface area contributed by atoms with E-state index in [1.165, 1.54) is 57.8 Å². The summed E-state index contributed by atoms with van der Waals surface area (Å²) in [5.41, 5.74) is 0. The van der Waals surface area contributed by atoms with Crippen molar-refractivity contribution >= 4 is 5.97 Å². The van der Waals surface area contributed by atoms with E-state index in [0.29, 0.717) is 6.42 Å². The minimum absolute atomic E-state index is 0.0414. The van der Waals surface area contributed by atoms with Gasteiger partial charge in [0.2, 0.25) is 0 Å². The van der Waals surface area contributed by atoms with Gasteiger partial charge in [0, 0.05) is 6.42 Å². The maximum atomic E-state index is 11.8. The van der Waals surface area contributed by atoms with Crippen molar-refractivity contribution in [2.45, 2.75) is 111 Å². The van der Waals surface area contributed by atoms with Gasteiger partial charge in [0.1, 0.15) is 0 Å². The number of carbonyl (C=O) groups excluding carboxylic acids is 1. The highest BCUT2D eigenvalue weighted by Gasteiger charge is 2.14. The molecule has 0 aromatic carbocycles. The van der Waals surface area contributed by atoms with Gasteiger partial charge < -0.3 is 4.74 Å². The molecule has 0 aliphatic heterocycles. The molecule has 0 aromatic heterocycles. The Morgan fingerprint density at radius 1 is 0.783 bits per heavy atom. The second-order valence-electron chi connectivity index (χ2n) is 6.60. The Balaban J connectivity index is 3.39. The first-order valence-electron chi connectivity index (χ1n) is 10.1. The average molecular weight is 328 g/mol. The Morgan fingerprint density at radius 3 is 1.65 bits per heavy atom. The molecule has 23 heavy (non-hydrogen) atoms. The third kappa shape index (κ3) is 13.6. The van der Waals surface area contributed by atoms with Gasteiger partial charge >= 0.3 is 5.97 Å². The zero-order valence-corrected chi connectivity index (χ0v) is 16.2. The first-order chi connectivity index (χ1) is 11.2. The van der Waals surface area contributed by atoms with Gasteiger partial charge in [0.25, 0.3) is 0 Å². The number of unbranched alkanes of at least 4 members (excludes halogenated alkanes) is 10. The van der Waals surface area contributed by atoms with E-state index >= 15 is 0 Å². The van der Waals surface area contributed by atoms with Gasteiger partial charge in [0.15, 0.2) is 6.23 Å². The summed E-state index contributed by atoms with van der Waals surface area (Å²) in [5.74, 6) is -0.0414. The quantitative estimate of drug-likeness (QED) is 0.200. The molecule has 3 nitrogen and oxygen atoms in total. The van der Waals surface area contributed by atoms with Gasteiger partial charge in [-0.2, -0.15) is 0 Å². The smallest absolute Gasteiger partial charge is 0.307 e. The highest BCUT2D eigenvalue weighted by atomic mass is 16.6. The molecule has 0 fully saturated rings. The average Bonchev–Trinajstić information content (AvgIpc) is 2.53. The van der Waals surface area contributed by atoms with Crippen LogP contribution >= 0.6 is 0 Å². The van der Waals surface area contributed by atoms with Crippen molar-refractivity contribution in [3.05, 3.63) is 0 Å². The number of ether oxygens (including phenoxy) is 1. The fourth-order valence-electron chi connectivity index (χ4n) is 3.00. The number of nitrogens with zero attached hydrogens (tertiary/aromatic N) is 1. The second kappa shape index (κ2) is 16.3. The Morgan fingerprint density at radius 2 is 1.22 bits per heavy atom. The lowest BCUT2D eigenvalue weighted by atomic mass is 10.1. The number of hydrogen-bond donors (Lipinski definition) is 0. The number of hydrogen-bond acceptors (Lipinski definition) is 3. The van der Waals surface area contributed by atoms with Crippen molar-refractivity contribution in [2.75, 3.05) is 13.1 Å². The molecule has 0 amide bonds. The monoisotopic (exact) mass is 327 g/mol. The molecule has 0 N–H and O–H groups in total. The van der Waals surface area contributed by atoms with Gasteiger partial charge in [-0.15, -0.1) is 0 Å². The molecule has 0 saturated carbocycles. The SMILES string of the molecule is CCCCCCCCCCCCCC(=O)OC(C)N(CC)CC. The lowest BCUT2D eigenvalue weighted by Crippen LogP contribution is -2.36. The maximum absolute atomic E-state index is 11.8. The van der Waals surface area contributed by atoms with Crippen LogP contribution in [-0.2, 0) is 9.53 Å². The minimum Gasteiger partial charge on any atom is -0.447 e. The molecule has 138 valence electrons. The highest BCUT2D eigenvalue weighted by molar-refractivity contribution is 5.69. The molecule has 0 aliphatic carbocycles. The molecule has 0 aliphatic rings. The summed E-state index contributed by atoms with van der Waals surface area (Å²) in [6.45, 7) is 10.3. The van der Waals surface area contributed by atoms with Gasteiger partial charge in [0.05, 0.1) is 0 Å². The molecule has 0 aromatic rings. The van der Waals surface area contributed by atoms with Crippen LogP contribution in [0.25, 0.3) is 0 Å². The van der Waals surface area contributed by atoms with Crippen LogP contribution in [-0.4, -0.2) is 30.2 Å². The molecule has 3 heteroatoms. The molecule has 0 bridgehead atoms. The van der Waals surface area contributed by atoms with Gasteiger partial charge in [-0.25, -0.2) is 0 Å². The summed E-state index contributed by atoms with van der Waals surface area (Å²) in [5, 5.41) is 0. The summed E-state index contributed by atoms with van der Waals surface area (Å²) < 4.78 is 5.47. The molecule has 0 saturated heterocycles. The Hall–Kier alpha value is -0.570. The van der Waals surface area contributed by atoms with Crippen molar-refractivity contribution in [1.82, 2.24) is 4.90 Å². The summed E-state index contributed by atoms with van der Waals surface area (Å²) in [7, 11) is 0. The number of esters is 1. The maximum Gasteiger partial charge on any atom is 0.307 e. The Kier molecular flexibility index (Phi) is 15.9. The second-order valence-corrected chi connectivity index (χ2v) is 6.60. The first kappa shape index (κ1) is 22.4. The molecular formula is C20H41NO2. The van der Waals surface area contributed by atoms with Crippen LogP contribution < -0.4 is 0 Å². The van der Waals surface area contributed by atoms with Crippen LogP contribution in [0.15, 0.2) is 0 Å². The molecule has 0 spiro atoms. The molecule has 1 atom stereocenters. The normalized spacial score (nSPS) is 12.6. The number of carbonyl (C=O) groups is 1. The van der Waals surface area contributed by atoms with E-state index in [1.54, 1.807) is 0 Å². The van der Waals surface area contributed by atoms with Crippen molar-refractivity contribution in [3.63, 3.8) is 0 Å². The molecule has 1 unspecified atom stereocenters. The topological polar surface area (TPSA) is 29.5 Å². The van der Waals surface area contributed by atoms with E-state index in [2.05, 4.69) is 25.7 Å². The van der Waals surface area contributed by atoms with Gasteiger partial charge in [-0.1, -0.05) is 85.0 Å². The lowest BCUT2D eigenvalue weighted by molar-refractivity contribution is -0.157. The van der Waals surface area contributed by atoms with Crippen LogP contribution in [0.4, 0.5) is 0 Å². The predicted octanol–water partition coefficient (Wildman–Crippen LogP) is 5.92. The third-order valence-corrected chi connectivity index (χ3v) is 4.61. The molecular weight excluding hydrogens is 286 g/mol. The van der Waals surface area contributed by atoms with E-state index in [1.807, 2.05) is 6.92 Å². The lowest BCUT2D eigenvalue weighted by Gasteiger charge is -2.25. The first-order valence-corrected chi connectivity index (χ1v) is 10.1. The van der Waals surface area contributed by atoms with E-state index in [0.717, 1.165) is 25.9 Å². The molecule has 0 rings (SSSR count). The van der Waals surface area contributed by atoms with Crippen molar-refractivity contribution < 1.29 is 9.53 Å². The summed E-state index contributed by atoms with van der Waals surface area (Å²) >= 11 is 0. The van der Waals surface area contributed by atoms with Crippen LogP contribution in [0.5, 0.6) is 0 Å². The minimum atomic E-state index is -0.0924. The fraction of sp³-hybridized carbons (Fsp3) is 0.950. The van der Waals surface area contributed by atoms with E-state index in [4.69, 9.17) is 4.74 Å². The van der Waals surface area contributed by atoms with Crippen molar-refractivity contribution in [2.24, 2.45) is 0 Å². The van der Waals surface area contributed by atoms with Gasteiger partial charge in [-0.05, 0) is 26.4 Å². The Bertz CT molecular complexity index is 264. The van der Waals surface area contributed by atoms with Crippen LogP contribution in [0.3, 0.4) is 0 Å². The van der Waals surface area contributed by atoms with Crippen molar-refractivity contribution in [3.8, 4) is 0 Å². The zero-order valence-electron chi connectivity index (χ0n) is 16.2. The number of rotatable bonds is 16. The third-order valence-electron chi connectivity index (χ3n) is 4.61. The van der Waals surface area contributed by atoms with Crippen molar-refractivity contribution in [1.29, 1.82) is 0 Å². The highest BCUT2D eigenvalue weighted by Crippen LogP contribution is 2.12. The van der Waals surface area contributed by atoms with Gasteiger partial charge in [-0.3, -0.25) is 9.69 Å². The van der Waals surface area contributed by atoms with Crippen LogP contribution in [0, 0.1) is 0 Å². The fourth-order valence-corrected chi connectivity index (χ4v) is 3.00. The van der Waals surface area contributed by atoms with E-state index in [-0.39, 0.29) is 12.2 Å². The standard InChI is InChI=1S/C20H41NO2/c1-5-8-9-10-11-12-13-14-15-16-17-18-20(22)23-19(4)21(6-2)7-3/h19H,5-18H2,1-4H3. The molecule has 0 radical (unpaired) electrons. The van der Waals surface area contributed by atoms with Crippen LogP contribution in [0.2, 0.25) is 0 Å². The van der Waals surface area contributed by atoms with E-state index in [9.17, 15) is 4.79 Å². The zero-order chi connectivity index (χ0) is 17.3. The summed E-state index contributed by atoms with van der Waals surface area (Å²) in [6.07, 6.45) is 14.9. The summed E-state index contributed by atoms with van der Waals surface area (Å²) in [4.78, 5) is 14.0. The summed E-state index contributed by atoms with van der Waals surface area (Å²) in [6, 6.07) is 0. The van der Waals surface area contributed by atoms with Crippen LogP contribution in [0.1, 0.15) is 105 Å². The largest absolute Gasteiger partial charge is 0.447 e. The molecule has 0 heterocycles. The van der Waals surface area contributed by atoms with E-state index < -0.39 is 0 Å². The predicted molar refractivity (Wildman–Crippen MR) is 99.6 cm³/mol. The Labute approximate surface area is 145 Å².